The van der Waals surface area contributed by atoms with Crippen LogP contribution in [0, 0.1) is 5.92 Å². The minimum atomic E-state index is 0.164. The van der Waals surface area contributed by atoms with Crippen molar-refractivity contribution in [3.63, 3.8) is 0 Å². The van der Waals surface area contributed by atoms with Crippen molar-refractivity contribution in [2.24, 2.45) is 11.7 Å². The summed E-state index contributed by atoms with van der Waals surface area (Å²) in [6, 6.07) is 10.1. The number of nitrogens with zero attached hydrogens (tertiary/aromatic N) is 2. The highest BCUT2D eigenvalue weighted by molar-refractivity contribution is 5.32. The number of nitrogens with two attached hydrogens (primary N) is 1. The quantitative estimate of drug-likeness (QED) is 0.847. The van der Waals surface area contributed by atoms with Gasteiger partial charge in [-0.3, -0.25) is 4.90 Å². The van der Waals surface area contributed by atoms with Gasteiger partial charge in [-0.05, 0) is 50.4 Å². The van der Waals surface area contributed by atoms with Gasteiger partial charge in [-0.1, -0.05) is 31.2 Å². The average molecular weight is 287 g/mol. The van der Waals surface area contributed by atoms with Crippen LogP contribution in [0.3, 0.4) is 0 Å². The van der Waals surface area contributed by atoms with E-state index < -0.39 is 0 Å². The third-order valence-corrected chi connectivity index (χ3v) is 5.51. The summed E-state index contributed by atoms with van der Waals surface area (Å²) in [5.41, 5.74) is 9.52. The van der Waals surface area contributed by atoms with Gasteiger partial charge in [-0.25, -0.2) is 0 Å². The van der Waals surface area contributed by atoms with Crippen molar-refractivity contribution >= 4 is 0 Å². The fourth-order valence-corrected chi connectivity index (χ4v) is 4.31. The summed E-state index contributed by atoms with van der Waals surface area (Å²) in [5.74, 6) is 0.727. The van der Waals surface area contributed by atoms with Crippen molar-refractivity contribution in [3.8, 4) is 0 Å². The second-order valence-electron chi connectivity index (χ2n) is 7.15. The summed E-state index contributed by atoms with van der Waals surface area (Å²) in [4.78, 5) is 5.03. The predicted molar refractivity (Wildman–Crippen MR) is 88.3 cm³/mol. The Kier molecular flexibility index (Phi) is 4.34. The fraction of sp³-hybridized carbons (Fsp3) is 0.667. The van der Waals surface area contributed by atoms with Gasteiger partial charge in [-0.2, -0.15) is 0 Å². The van der Waals surface area contributed by atoms with Crippen LogP contribution in [0.5, 0.6) is 0 Å². The zero-order valence-electron chi connectivity index (χ0n) is 13.6. The molecule has 21 heavy (non-hydrogen) atoms. The molecule has 0 spiro atoms. The highest BCUT2D eigenvalue weighted by atomic mass is 15.3. The first kappa shape index (κ1) is 15.0. The summed E-state index contributed by atoms with van der Waals surface area (Å²) in [5, 5.41) is 0. The molecule has 3 heteroatoms. The van der Waals surface area contributed by atoms with Crippen molar-refractivity contribution in [2.45, 2.75) is 44.3 Å². The maximum atomic E-state index is 6.68. The molecule has 0 radical (unpaired) electrons. The number of aryl methyl sites for hydroxylation is 1. The van der Waals surface area contributed by atoms with E-state index in [2.05, 4.69) is 55.1 Å². The molecule has 2 aliphatic rings. The number of rotatable bonds is 2. The maximum absolute atomic E-state index is 6.68. The van der Waals surface area contributed by atoms with E-state index in [1.807, 2.05) is 0 Å². The summed E-state index contributed by atoms with van der Waals surface area (Å²) in [6.45, 7) is 4.72. The van der Waals surface area contributed by atoms with Crippen LogP contribution >= 0.6 is 0 Å². The number of hydrogen-bond donors (Lipinski definition) is 1. The first-order valence-corrected chi connectivity index (χ1v) is 8.31. The van der Waals surface area contributed by atoms with E-state index in [0.29, 0.717) is 12.1 Å². The largest absolute Gasteiger partial charge is 0.323 e. The fourth-order valence-electron chi connectivity index (χ4n) is 4.31. The first-order valence-electron chi connectivity index (χ1n) is 8.31. The lowest BCUT2D eigenvalue weighted by Gasteiger charge is -2.32. The normalized spacial score (nSPS) is 34.0. The zero-order chi connectivity index (χ0) is 15.0. The topological polar surface area (TPSA) is 32.5 Å². The monoisotopic (exact) mass is 287 g/mol. The van der Waals surface area contributed by atoms with E-state index in [4.69, 9.17) is 5.73 Å². The highest BCUT2D eigenvalue weighted by Crippen LogP contribution is 2.33. The standard InChI is InChI=1S/C18H29N3/c1-13-11-21(12-17(13)20(2)3)16-10-6-8-14-7-4-5-9-15(14)18(16)19/h4-5,7,9,13,16-18H,6,8,10-12,19H2,1-3H3. The minimum Gasteiger partial charge on any atom is -0.323 e. The van der Waals surface area contributed by atoms with Crippen LogP contribution in [0.25, 0.3) is 0 Å². The summed E-state index contributed by atoms with van der Waals surface area (Å²) >= 11 is 0. The predicted octanol–water partition coefficient (Wildman–Crippen LogP) is 2.27. The minimum absolute atomic E-state index is 0.164. The number of likely N-dealkylation sites (N-methyl/N-ethyl adjacent to an activating group) is 1. The number of hydrogen-bond acceptors (Lipinski definition) is 3. The van der Waals surface area contributed by atoms with Gasteiger partial charge in [-0.15, -0.1) is 0 Å². The molecule has 4 unspecified atom stereocenters. The van der Waals surface area contributed by atoms with Gasteiger partial charge in [0.15, 0.2) is 0 Å². The lowest BCUT2D eigenvalue weighted by Crippen LogP contribution is -2.43. The van der Waals surface area contributed by atoms with Crippen LogP contribution in [-0.4, -0.2) is 49.1 Å². The van der Waals surface area contributed by atoms with Crippen LogP contribution in [-0.2, 0) is 6.42 Å². The van der Waals surface area contributed by atoms with Crippen LogP contribution < -0.4 is 5.73 Å². The van der Waals surface area contributed by atoms with Crippen molar-refractivity contribution in [2.75, 3.05) is 27.2 Å². The third-order valence-electron chi connectivity index (χ3n) is 5.51. The second kappa shape index (κ2) is 6.07. The van der Waals surface area contributed by atoms with Crippen molar-refractivity contribution in [3.05, 3.63) is 35.4 Å². The van der Waals surface area contributed by atoms with E-state index in [1.54, 1.807) is 0 Å². The maximum Gasteiger partial charge on any atom is 0.0455 e. The lowest BCUT2D eigenvalue weighted by atomic mass is 9.96. The van der Waals surface area contributed by atoms with Crippen LogP contribution in [0.15, 0.2) is 24.3 Å². The van der Waals surface area contributed by atoms with E-state index in [-0.39, 0.29) is 6.04 Å². The molecule has 1 aromatic rings. The Hall–Kier alpha value is -0.900. The summed E-state index contributed by atoms with van der Waals surface area (Å²) in [6.07, 6.45) is 3.66. The van der Waals surface area contributed by atoms with Gasteiger partial charge in [0, 0.05) is 31.2 Å². The Morgan fingerprint density at radius 3 is 2.67 bits per heavy atom. The van der Waals surface area contributed by atoms with E-state index in [1.165, 1.54) is 36.9 Å². The Balaban J connectivity index is 1.80. The summed E-state index contributed by atoms with van der Waals surface area (Å²) in [7, 11) is 4.40. The molecule has 1 fully saturated rings. The van der Waals surface area contributed by atoms with Gasteiger partial charge < -0.3 is 10.6 Å². The Morgan fingerprint density at radius 1 is 1.19 bits per heavy atom. The zero-order valence-corrected chi connectivity index (χ0v) is 13.6. The first-order chi connectivity index (χ1) is 10.1. The van der Waals surface area contributed by atoms with E-state index in [9.17, 15) is 0 Å². The molecule has 1 saturated heterocycles. The van der Waals surface area contributed by atoms with Crippen LogP contribution in [0.2, 0.25) is 0 Å². The molecule has 0 aromatic heterocycles. The Labute approximate surface area is 129 Å². The Morgan fingerprint density at radius 2 is 1.95 bits per heavy atom. The molecule has 1 heterocycles. The molecule has 1 aliphatic carbocycles. The van der Waals surface area contributed by atoms with Gasteiger partial charge >= 0.3 is 0 Å². The molecule has 3 rings (SSSR count). The number of likely N-dealkylation sites (tertiary alicyclic amines) is 1. The average Bonchev–Trinajstić information content (AvgIpc) is 2.77. The molecule has 3 nitrogen and oxygen atoms in total. The molecule has 116 valence electrons. The number of benzene rings is 1. The Bertz CT molecular complexity index is 485. The van der Waals surface area contributed by atoms with Crippen molar-refractivity contribution in [1.82, 2.24) is 9.80 Å². The smallest absolute Gasteiger partial charge is 0.0455 e. The van der Waals surface area contributed by atoms with Gasteiger partial charge in [0.05, 0.1) is 0 Å². The van der Waals surface area contributed by atoms with Gasteiger partial charge in [0.2, 0.25) is 0 Å². The molecule has 1 aromatic carbocycles. The van der Waals surface area contributed by atoms with Crippen LogP contribution in [0.4, 0.5) is 0 Å². The van der Waals surface area contributed by atoms with Gasteiger partial charge in [0.25, 0.3) is 0 Å². The van der Waals surface area contributed by atoms with Crippen molar-refractivity contribution in [1.29, 1.82) is 0 Å². The lowest BCUT2D eigenvalue weighted by molar-refractivity contribution is 0.182. The van der Waals surface area contributed by atoms with Crippen LogP contribution in [0.1, 0.15) is 36.9 Å². The molecule has 2 N–H and O–H groups in total. The second-order valence-corrected chi connectivity index (χ2v) is 7.15. The summed E-state index contributed by atoms with van der Waals surface area (Å²) < 4.78 is 0. The molecule has 0 bridgehead atoms. The van der Waals surface area contributed by atoms with Gasteiger partial charge in [0.1, 0.15) is 0 Å². The molecule has 0 saturated carbocycles. The van der Waals surface area contributed by atoms with Crippen molar-refractivity contribution < 1.29 is 0 Å². The van der Waals surface area contributed by atoms with E-state index >= 15 is 0 Å². The highest BCUT2D eigenvalue weighted by Gasteiger charge is 2.38. The molecule has 1 aliphatic heterocycles. The molecular formula is C18H29N3. The number of fused-ring (bicyclic) bond motifs is 1. The SMILES string of the molecule is CC1CN(C2CCCc3ccccc3C2N)CC1N(C)C. The molecule has 4 atom stereocenters. The molecular weight excluding hydrogens is 258 g/mol. The van der Waals surface area contributed by atoms with E-state index in [0.717, 1.165) is 12.5 Å². The third kappa shape index (κ3) is 2.87. The molecule has 0 amide bonds.